The summed E-state index contributed by atoms with van der Waals surface area (Å²) < 4.78 is 17.4. The number of ether oxygens (including phenoxy) is 1. The molecule has 0 saturated carbocycles. The number of benzene rings is 1. The normalized spacial score (nSPS) is 9.93. The van der Waals surface area contributed by atoms with Crippen LogP contribution in [0.3, 0.4) is 0 Å². The fraction of sp³-hybridized carbons (Fsp3) is 0.222. The molecule has 0 amide bonds. The third-order valence-corrected chi connectivity index (χ3v) is 1.81. The van der Waals surface area contributed by atoms with Gasteiger partial charge in [0.2, 0.25) is 0 Å². The molecule has 0 aliphatic rings. The summed E-state index contributed by atoms with van der Waals surface area (Å²) in [5, 5.41) is 9.10. The number of halogens is 2. The van der Waals surface area contributed by atoms with Crippen molar-refractivity contribution in [2.45, 2.75) is 6.92 Å². The molecule has 5 heteroatoms. The van der Waals surface area contributed by atoms with Gasteiger partial charge in [-0.3, -0.25) is 0 Å². The van der Waals surface area contributed by atoms with Gasteiger partial charge in [-0.2, -0.15) is 0 Å². The van der Waals surface area contributed by atoms with E-state index in [0.29, 0.717) is 0 Å². The molecular weight excluding hydrogens is 211 g/mol. The van der Waals surface area contributed by atoms with Crippen LogP contribution < -0.4 is 0 Å². The van der Waals surface area contributed by atoms with Gasteiger partial charge in [0.05, 0.1) is 11.6 Å². The zero-order valence-corrected chi connectivity index (χ0v) is 8.14. The van der Waals surface area contributed by atoms with E-state index in [-0.39, 0.29) is 17.2 Å². The summed E-state index contributed by atoms with van der Waals surface area (Å²) in [7, 11) is 0. The van der Waals surface area contributed by atoms with Gasteiger partial charge in [-0.05, 0) is 19.1 Å². The van der Waals surface area contributed by atoms with Gasteiger partial charge < -0.3 is 9.84 Å². The van der Waals surface area contributed by atoms with Crippen LogP contribution in [0.5, 0.6) is 5.75 Å². The molecule has 76 valence electrons. The van der Waals surface area contributed by atoms with Gasteiger partial charge in [-0.15, -0.1) is 0 Å². The molecule has 0 aliphatic carbocycles. The van der Waals surface area contributed by atoms with Gasteiger partial charge in [0.1, 0.15) is 17.1 Å². The van der Waals surface area contributed by atoms with E-state index in [2.05, 4.69) is 4.74 Å². The molecule has 0 heterocycles. The lowest BCUT2D eigenvalue weighted by atomic mass is 10.2. The fourth-order valence-corrected chi connectivity index (χ4v) is 1.14. The standard InChI is InChI=1S/C9H8ClFO3/c1-2-14-9(13)6-3-5(11)4-7(10)8(6)12/h3-4,12H,2H2,1H3. The second kappa shape index (κ2) is 4.28. The van der Waals surface area contributed by atoms with E-state index < -0.39 is 17.5 Å². The van der Waals surface area contributed by atoms with Crippen LogP contribution in [0, 0.1) is 5.82 Å². The van der Waals surface area contributed by atoms with Gasteiger partial charge in [0.25, 0.3) is 0 Å². The first-order valence-corrected chi connectivity index (χ1v) is 4.29. The Hall–Kier alpha value is -1.29. The Balaban J connectivity index is 3.13. The van der Waals surface area contributed by atoms with Crippen LogP contribution in [-0.2, 0) is 4.74 Å². The molecular formula is C9H8ClFO3. The molecule has 0 unspecified atom stereocenters. The summed E-state index contributed by atoms with van der Waals surface area (Å²) in [6.45, 7) is 1.75. The summed E-state index contributed by atoms with van der Waals surface area (Å²) >= 11 is 5.47. The highest BCUT2D eigenvalue weighted by Gasteiger charge is 2.16. The summed E-state index contributed by atoms with van der Waals surface area (Å²) in [5.74, 6) is -1.96. The van der Waals surface area contributed by atoms with Crippen LogP contribution in [0.2, 0.25) is 5.02 Å². The maximum absolute atomic E-state index is 12.8. The van der Waals surface area contributed by atoms with Crippen molar-refractivity contribution in [3.05, 3.63) is 28.5 Å². The maximum Gasteiger partial charge on any atom is 0.342 e. The molecule has 0 aromatic heterocycles. The van der Waals surface area contributed by atoms with Gasteiger partial charge in [-0.1, -0.05) is 11.6 Å². The molecule has 0 bridgehead atoms. The Morgan fingerprint density at radius 3 is 2.86 bits per heavy atom. The smallest absolute Gasteiger partial charge is 0.342 e. The maximum atomic E-state index is 12.8. The predicted octanol–water partition coefficient (Wildman–Crippen LogP) is 2.36. The monoisotopic (exact) mass is 218 g/mol. The topological polar surface area (TPSA) is 46.5 Å². The van der Waals surface area contributed by atoms with Gasteiger partial charge in [-0.25, -0.2) is 9.18 Å². The average molecular weight is 219 g/mol. The molecule has 0 saturated heterocycles. The van der Waals surface area contributed by atoms with Crippen molar-refractivity contribution < 1.29 is 19.0 Å². The number of carbonyl (C=O) groups excluding carboxylic acids is 1. The molecule has 1 rings (SSSR count). The van der Waals surface area contributed by atoms with E-state index in [1.807, 2.05) is 0 Å². The van der Waals surface area contributed by atoms with Crippen LogP contribution in [-0.4, -0.2) is 17.7 Å². The molecule has 1 N–H and O–H groups in total. The number of hydrogen-bond acceptors (Lipinski definition) is 3. The lowest BCUT2D eigenvalue weighted by Gasteiger charge is -2.05. The third kappa shape index (κ3) is 2.14. The van der Waals surface area contributed by atoms with Crippen molar-refractivity contribution in [1.29, 1.82) is 0 Å². The molecule has 1 aromatic carbocycles. The van der Waals surface area contributed by atoms with Crippen molar-refractivity contribution in [2.24, 2.45) is 0 Å². The fourth-order valence-electron chi connectivity index (χ4n) is 0.930. The number of rotatable bonds is 2. The van der Waals surface area contributed by atoms with E-state index in [9.17, 15) is 14.3 Å². The van der Waals surface area contributed by atoms with Crippen LogP contribution in [0.25, 0.3) is 0 Å². The number of phenolic OH excluding ortho intramolecular Hbond substituents is 1. The summed E-state index contributed by atoms with van der Waals surface area (Å²) in [4.78, 5) is 11.2. The van der Waals surface area contributed by atoms with Crippen molar-refractivity contribution in [1.82, 2.24) is 0 Å². The number of aromatic hydroxyl groups is 1. The minimum Gasteiger partial charge on any atom is -0.505 e. The predicted molar refractivity (Wildman–Crippen MR) is 49.0 cm³/mol. The van der Waals surface area contributed by atoms with Gasteiger partial charge >= 0.3 is 5.97 Å². The average Bonchev–Trinajstić information content (AvgIpc) is 2.11. The van der Waals surface area contributed by atoms with Crippen LogP contribution in [0.1, 0.15) is 17.3 Å². The second-order valence-electron chi connectivity index (χ2n) is 2.50. The zero-order valence-electron chi connectivity index (χ0n) is 7.38. The molecule has 3 nitrogen and oxygen atoms in total. The van der Waals surface area contributed by atoms with Crippen molar-refractivity contribution >= 4 is 17.6 Å². The number of hydrogen-bond donors (Lipinski definition) is 1. The molecule has 0 fully saturated rings. The van der Waals surface area contributed by atoms with Gasteiger partial charge in [0.15, 0.2) is 0 Å². The van der Waals surface area contributed by atoms with E-state index in [1.54, 1.807) is 6.92 Å². The van der Waals surface area contributed by atoms with Crippen LogP contribution >= 0.6 is 11.6 Å². The lowest BCUT2D eigenvalue weighted by Crippen LogP contribution is -2.05. The molecule has 0 atom stereocenters. The summed E-state index contributed by atoms with van der Waals surface area (Å²) in [6.07, 6.45) is 0. The van der Waals surface area contributed by atoms with Gasteiger partial charge in [0, 0.05) is 0 Å². The summed E-state index contributed by atoms with van der Waals surface area (Å²) in [5.41, 5.74) is -0.267. The van der Waals surface area contributed by atoms with Crippen molar-refractivity contribution in [3.63, 3.8) is 0 Å². The quantitative estimate of drug-likeness (QED) is 0.776. The van der Waals surface area contributed by atoms with Crippen LogP contribution in [0.15, 0.2) is 12.1 Å². The van der Waals surface area contributed by atoms with Crippen LogP contribution in [0.4, 0.5) is 4.39 Å². The minimum atomic E-state index is -0.800. The molecule has 0 aliphatic heterocycles. The SMILES string of the molecule is CCOC(=O)c1cc(F)cc(Cl)c1O. The molecule has 0 spiro atoms. The zero-order chi connectivity index (χ0) is 10.7. The third-order valence-electron chi connectivity index (χ3n) is 1.52. The van der Waals surface area contributed by atoms with E-state index >= 15 is 0 Å². The highest BCUT2D eigenvalue weighted by Crippen LogP contribution is 2.28. The Morgan fingerprint density at radius 1 is 1.64 bits per heavy atom. The number of carbonyl (C=O) groups is 1. The minimum absolute atomic E-state index is 0.145. The first-order valence-electron chi connectivity index (χ1n) is 3.91. The number of phenols is 1. The number of esters is 1. The van der Waals surface area contributed by atoms with Crippen molar-refractivity contribution in [3.8, 4) is 5.75 Å². The van der Waals surface area contributed by atoms with E-state index in [1.165, 1.54) is 0 Å². The second-order valence-corrected chi connectivity index (χ2v) is 2.91. The van der Waals surface area contributed by atoms with Crippen molar-refractivity contribution in [2.75, 3.05) is 6.61 Å². The highest BCUT2D eigenvalue weighted by molar-refractivity contribution is 6.32. The molecule has 1 aromatic rings. The Bertz CT molecular complexity index is 365. The van der Waals surface area contributed by atoms with E-state index in [0.717, 1.165) is 12.1 Å². The highest BCUT2D eigenvalue weighted by atomic mass is 35.5. The first kappa shape index (κ1) is 10.8. The van der Waals surface area contributed by atoms with E-state index in [4.69, 9.17) is 11.6 Å². The lowest BCUT2D eigenvalue weighted by molar-refractivity contribution is 0.0522. The largest absolute Gasteiger partial charge is 0.505 e. The Kier molecular flexibility index (Phi) is 3.30. The Morgan fingerprint density at radius 2 is 2.29 bits per heavy atom. The summed E-state index contributed by atoms with van der Waals surface area (Å²) in [6, 6.07) is 1.79. The molecule has 0 radical (unpaired) electrons. The molecule has 14 heavy (non-hydrogen) atoms. The first-order chi connectivity index (χ1) is 6.56. The Labute approximate surface area is 85.1 Å².